The van der Waals surface area contributed by atoms with Crippen LogP contribution in [0.1, 0.15) is 15.2 Å². The van der Waals surface area contributed by atoms with Crippen molar-refractivity contribution < 1.29 is 13.6 Å². The van der Waals surface area contributed by atoms with Crippen molar-refractivity contribution in [2.75, 3.05) is 11.1 Å². The lowest BCUT2D eigenvalue weighted by atomic mass is 10.2. The molecule has 0 radical (unpaired) electrons. The van der Waals surface area contributed by atoms with Gasteiger partial charge in [0.15, 0.2) is 5.13 Å². The van der Waals surface area contributed by atoms with Crippen LogP contribution in [0.4, 0.5) is 19.6 Å². The number of aryl methyl sites for hydroxylation is 1. The zero-order valence-electron chi connectivity index (χ0n) is 9.33. The van der Waals surface area contributed by atoms with E-state index in [1.54, 1.807) is 6.20 Å². The molecule has 0 bridgehead atoms. The molecule has 1 amide bonds. The Kier molecular flexibility index (Phi) is 3.24. The minimum Gasteiger partial charge on any atom is -0.394 e. The van der Waals surface area contributed by atoms with Crippen molar-refractivity contribution in [1.29, 1.82) is 0 Å². The number of aromatic nitrogens is 1. The van der Waals surface area contributed by atoms with Gasteiger partial charge in [-0.25, -0.2) is 13.8 Å². The highest BCUT2D eigenvalue weighted by Crippen LogP contribution is 2.20. The number of nitrogens with one attached hydrogen (secondary N) is 1. The van der Waals surface area contributed by atoms with Gasteiger partial charge in [-0.15, -0.1) is 11.3 Å². The topological polar surface area (TPSA) is 68.0 Å². The molecule has 0 aliphatic rings. The predicted molar refractivity (Wildman–Crippen MR) is 65.6 cm³/mol. The van der Waals surface area contributed by atoms with E-state index in [1.165, 1.54) is 11.3 Å². The number of nitrogens with two attached hydrogens (primary N) is 1. The number of carbonyl (C=O) groups is 1. The first-order valence-electron chi connectivity index (χ1n) is 4.95. The summed E-state index contributed by atoms with van der Waals surface area (Å²) >= 11 is 1.27. The Hall–Kier alpha value is -2.02. The first-order valence-corrected chi connectivity index (χ1v) is 5.77. The largest absolute Gasteiger partial charge is 0.394 e. The molecule has 7 heteroatoms. The summed E-state index contributed by atoms with van der Waals surface area (Å²) in [6.07, 6.45) is 1.59. The van der Waals surface area contributed by atoms with Crippen LogP contribution in [0, 0.1) is 18.6 Å². The molecule has 0 aliphatic heterocycles. The Balaban J connectivity index is 2.24. The number of hydrogen-bond donors (Lipinski definition) is 2. The van der Waals surface area contributed by atoms with Crippen molar-refractivity contribution in [1.82, 2.24) is 4.98 Å². The van der Waals surface area contributed by atoms with Gasteiger partial charge in [-0.2, -0.15) is 0 Å². The van der Waals surface area contributed by atoms with Gasteiger partial charge >= 0.3 is 0 Å². The zero-order chi connectivity index (χ0) is 13.3. The van der Waals surface area contributed by atoms with Gasteiger partial charge in [-0.05, 0) is 19.1 Å². The van der Waals surface area contributed by atoms with Crippen molar-refractivity contribution >= 4 is 28.1 Å². The molecule has 1 aromatic heterocycles. The summed E-state index contributed by atoms with van der Waals surface area (Å²) in [6, 6.07) is 1.77. The molecule has 0 atom stereocenters. The SMILES string of the molecule is Cc1cnc(NC(=O)c2cc(F)c(N)c(F)c2)s1. The van der Waals surface area contributed by atoms with Crippen molar-refractivity contribution in [2.45, 2.75) is 6.92 Å². The molecule has 94 valence electrons. The van der Waals surface area contributed by atoms with Crippen molar-refractivity contribution in [3.8, 4) is 0 Å². The van der Waals surface area contributed by atoms with E-state index in [1.807, 2.05) is 6.92 Å². The summed E-state index contributed by atoms with van der Waals surface area (Å²) in [5.41, 5.74) is 4.37. The predicted octanol–water partition coefficient (Wildman–Crippen LogP) is 2.56. The second kappa shape index (κ2) is 4.69. The Morgan fingerprint density at radius 3 is 2.50 bits per heavy atom. The normalized spacial score (nSPS) is 10.4. The monoisotopic (exact) mass is 269 g/mol. The van der Waals surface area contributed by atoms with Crippen LogP contribution in [0.15, 0.2) is 18.3 Å². The average Bonchev–Trinajstić information content (AvgIpc) is 2.71. The first-order chi connectivity index (χ1) is 8.47. The number of amides is 1. The molecule has 0 fully saturated rings. The highest BCUT2D eigenvalue weighted by molar-refractivity contribution is 7.15. The van der Waals surface area contributed by atoms with Crippen LogP contribution in [-0.2, 0) is 0 Å². The molecular formula is C11H9F2N3OS. The number of nitrogen functional groups attached to an aromatic ring is 1. The Morgan fingerprint density at radius 1 is 1.39 bits per heavy atom. The fourth-order valence-corrected chi connectivity index (χ4v) is 1.96. The summed E-state index contributed by atoms with van der Waals surface area (Å²) in [7, 11) is 0. The quantitative estimate of drug-likeness (QED) is 0.823. The van der Waals surface area contributed by atoms with Crippen LogP contribution in [-0.4, -0.2) is 10.9 Å². The molecule has 3 N–H and O–H groups in total. The van der Waals surface area contributed by atoms with Crippen LogP contribution in [0.2, 0.25) is 0 Å². The molecule has 0 saturated heterocycles. The Morgan fingerprint density at radius 2 is 2.00 bits per heavy atom. The van der Waals surface area contributed by atoms with Crippen molar-refractivity contribution in [3.05, 3.63) is 40.4 Å². The third-order valence-electron chi connectivity index (χ3n) is 2.18. The van der Waals surface area contributed by atoms with Gasteiger partial charge in [0.2, 0.25) is 0 Å². The molecule has 0 saturated carbocycles. The fraction of sp³-hybridized carbons (Fsp3) is 0.0909. The molecular weight excluding hydrogens is 260 g/mol. The van der Waals surface area contributed by atoms with E-state index >= 15 is 0 Å². The lowest BCUT2D eigenvalue weighted by Crippen LogP contribution is -2.13. The fourth-order valence-electron chi connectivity index (χ4n) is 1.30. The number of thiazole rings is 1. The highest BCUT2D eigenvalue weighted by atomic mass is 32.1. The smallest absolute Gasteiger partial charge is 0.257 e. The second-order valence-electron chi connectivity index (χ2n) is 3.58. The number of rotatable bonds is 2. The molecule has 2 rings (SSSR count). The van der Waals surface area contributed by atoms with Gasteiger partial charge in [-0.3, -0.25) is 10.1 Å². The number of hydrogen-bond acceptors (Lipinski definition) is 4. The highest BCUT2D eigenvalue weighted by Gasteiger charge is 2.14. The zero-order valence-corrected chi connectivity index (χ0v) is 10.1. The van der Waals surface area contributed by atoms with E-state index in [2.05, 4.69) is 10.3 Å². The lowest BCUT2D eigenvalue weighted by Gasteiger charge is -2.04. The number of nitrogens with zero attached hydrogens (tertiary/aromatic N) is 1. The molecule has 0 unspecified atom stereocenters. The number of benzene rings is 1. The van der Waals surface area contributed by atoms with Gasteiger partial charge in [0.1, 0.15) is 17.3 Å². The summed E-state index contributed by atoms with van der Waals surface area (Å²) in [5, 5.41) is 2.82. The van der Waals surface area contributed by atoms with E-state index < -0.39 is 23.2 Å². The molecule has 2 aromatic rings. The molecule has 0 aliphatic carbocycles. The number of carbonyl (C=O) groups excluding carboxylic acids is 1. The molecule has 1 aromatic carbocycles. The lowest BCUT2D eigenvalue weighted by molar-refractivity contribution is 0.102. The van der Waals surface area contributed by atoms with E-state index in [9.17, 15) is 13.6 Å². The van der Waals surface area contributed by atoms with Crippen LogP contribution in [0.25, 0.3) is 0 Å². The van der Waals surface area contributed by atoms with E-state index in [-0.39, 0.29) is 5.56 Å². The maximum absolute atomic E-state index is 13.2. The summed E-state index contributed by atoms with van der Waals surface area (Å²) in [4.78, 5) is 16.6. The molecule has 0 spiro atoms. The Bertz CT molecular complexity index is 589. The van der Waals surface area contributed by atoms with E-state index in [0.29, 0.717) is 5.13 Å². The summed E-state index contributed by atoms with van der Waals surface area (Å²) < 4.78 is 26.4. The third-order valence-corrected chi connectivity index (χ3v) is 3.01. The summed E-state index contributed by atoms with van der Waals surface area (Å²) in [5.74, 6) is -2.56. The van der Waals surface area contributed by atoms with Gasteiger partial charge < -0.3 is 5.73 Å². The van der Waals surface area contributed by atoms with E-state index in [0.717, 1.165) is 17.0 Å². The average molecular weight is 269 g/mol. The second-order valence-corrected chi connectivity index (χ2v) is 4.82. The maximum Gasteiger partial charge on any atom is 0.257 e. The molecule has 1 heterocycles. The van der Waals surface area contributed by atoms with Gasteiger partial charge in [0, 0.05) is 16.6 Å². The third kappa shape index (κ3) is 2.45. The van der Waals surface area contributed by atoms with Crippen LogP contribution in [0.5, 0.6) is 0 Å². The number of halogens is 2. The molecule has 18 heavy (non-hydrogen) atoms. The van der Waals surface area contributed by atoms with Crippen LogP contribution in [0.3, 0.4) is 0 Å². The van der Waals surface area contributed by atoms with Gasteiger partial charge in [-0.1, -0.05) is 0 Å². The van der Waals surface area contributed by atoms with Crippen molar-refractivity contribution in [2.24, 2.45) is 0 Å². The van der Waals surface area contributed by atoms with Crippen molar-refractivity contribution in [3.63, 3.8) is 0 Å². The van der Waals surface area contributed by atoms with E-state index in [4.69, 9.17) is 5.73 Å². The van der Waals surface area contributed by atoms with Crippen LogP contribution < -0.4 is 11.1 Å². The van der Waals surface area contributed by atoms with Crippen LogP contribution >= 0.6 is 11.3 Å². The minimum atomic E-state index is -0.963. The number of anilines is 2. The molecule has 4 nitrogen and oxygen atoms in total. The summed E-state index contributed by atoms with van der Waals surface area (Å²) in [6.45, 7) is 1.83. The standard InChI is InChI=1S/C11H9F2N3OS/c1-5-4-15-11(18-5)16-10(17)6-2-7(12)9(14)8(13)3-6/h2-4H,14H2,1H3,(H,15,16,17). The van der Waals surface area contributed by atoms with Gasteiger partial charge in [0.25, 0.3) is 5.91 Å². The first kappa shape index (κ1) is 12.4. The Labute approximate surface area is 105 Å². The van der Waals surface area contributed by atoms with Gasteiger partial charge in [0.05, 0.1) is 0 Å². The minimum absolute atomic E-state index is 0.146. The maximum atomic E-state index is 13.2.